The van der Waals surface area contributed by atoms with Crippen molar-refractivity contribution in [3.05, 3.63) is 36.0 Å². The van der Waals surface area contributed by atoms with Crippen molar-refractivity contribution in [1.29, 1.82) is 0 Å². The normalized spacial score (nSPS) is 24.5. The van der Waals surface area contributed by atoms with E-state index in [-0.39, 0.29) is 0 Å². The van der Waals surface area contributed by atoms with E-state index >= 15 is 0 Å². The highest BCUT2D eigenvalue weighted by molar-refractivity contribution is 5.83. The van der Waals surface area contributed by atoms with Crippen molar-refractivity contribution in [3.63, 3.8) is 0 Å². The molecule has 1 aliphatic rings. The minimum absolute atomic E-state index is 0.322. The van der Waals surface area contributed by atoms with Crippen LogP contribution in [0.4, 0.5) is 0 Å². The van der Waals surface area contributed by atoms with Crippen molar-refractivity contribution in [2.75, 3.05) is 7.05 Å². The number of nitrogens with zero attached hydrogens (tertiary/aromatic N) is 1. The van der Waals surface area contributed by atoms with Gasteiger partial charge in [0.1, 0.15) is 0 Å². The van der Waals surface area contributed by atoms with Crippen molar-refractivity contribution in [2.45, 2.75) is 38.3 Å². The van der Waals surface area contributed by atoms with Crippen LogP contribution in [-0.2, 0) is 0 Å². The van der Waals surface area contributed by atoms with Gasteiger partial charge in [-0.1, -0.05) is 18.2 Å². The maximum absolute atomic E-state index is 3.39. The summed E-state index contributed by atoms with van der Waals surface area (Å²) in [6.45, 7) is 4.67. The quantitative estimate of drug-likeness (QED) is 0.788. The van der Waals surface area contributed by atoms with E-state index in [2.05, 4.69) is 61.2 Å². The lowest BCUT2D eigenvalue weighted by Crippen LogP contribution is -2.35. The molecule has 2 heteroatoms. The number of H-pyrrole nitrogens is 1. The van der Waals surface area contributed by atoms with Crippen LogP contribution in [0.25, 0.3) is 10.9 Å². The van der Waals surface area contributed by atoms with Gasteiger partial charge < -0.3 is 4.98 Å². The zero-order valence-corrected chi connectivity index (χ0v) is 10.8. The smallest absolute Gasteiger partial charge is 0.0457 e. The Bertz CT molecular complexity index is 539. The summed E-state index contributed by atoms with van der Waals surface area (Å²) in [6, 6.07) is 9.14. The highest BCUT2D eigenvalue weighted by atomic mass is 15.2. The molecule has 1 N–H and O–H groups in total. The monoisotopic (exact) mass is 228 g/mol. The van der Waals surface area contributed by atoms with Crippen LogP contribution >= 0.6 is 0 Å². The Labute approximate surface area is 103 Å². The molecule has 0 amide bonds. The lowest BCUT2D eigenvalue weighted by atomic mass is 10.0. The second kappa shape index (κ2) is 3.61. The first-order valence-electron chi connectivity index (χ1n) is 6.38. The van der Waals surface area contributed by atoms with Gasteiger partial charge in [0.2, 0.25) is 0 Å². The van der Waals surface area contributed by atoms with E-state index in [0.29, 0.717) is 11.6 Å². The minimum atomic E-state index is 0.322. The van der Waals surface area contributed by atoms with Crippen LogP contribution in [0.2, 0.25) is 0 Å². The number of hydrogen-bond acceptors (Lipinski definition) is 1. The fraction of sp³-hybridized carbons (Fsp3) is 0.467. The maximum Gasteiger partial charge on any atom is 0.0457 e. The Kier molecular flexibility index (Phi) is 2.30. The zero-order chi connectivity index (χ0) is 12.0. The molecule has 0 aliphatic carbocycles. The number of benzene rings is 1. The summed E-state index contributed by atoms with van der Waals surface area (Å²) in [5.41, 5.74) is 3.03. The molecule has 2 heterocycles. The molecule has 2 nitrogen and oxygen atoms in total. The van der Waals surface area contributed by atoms with E-state index < -0.39 is 0 Å². The van der Waals surface area contributed by atoms with Gasteiger partial charge in [0.05, 0.1) is 0 Å². The first-order chi connectivity index (χ1) is 8.09. The number of aromatic amines is 1. The molecular formula is C15H20N2. The van der Waals surface area contributed by atoms with Crippen LogP contribution in [0.15, 0.2) is 30.5 Å². The fourth-order valence-corrected chi connectivity index (χ4v) is 3.02. The maximum atomic E-state index is 3.39. The molecule has 1 fully saturated rings. The SMILES string of the molecule is CN1C(c2c[nH]c3ccccc23)CCC1(C)C. The molecule has 1 unspecified atom stereocenters. The molecular weight excluding hydrogens is 208 g/mol. The molecule has 1 aromatic heterocycles. The molecule has 1 saturated heterocycles. The van der Waals surface area contributed by atoms with Gasteiger partial charge in [0.25, 0.3) is 0 Å². The summed E-state index contributed by atoms with van der Waals surface area (Å²) >= 11 is 0. The average Bonchev–Trinajstić information content (AvgIpc) is 2.83. The number of aromatic nitrogens is 1. The van der Waals surface area contributed by atoms with Gasteiger partial charge in [-0.2, -0.15) is 0 Å². The number of para-hydroxylation sites is 1. The molecule has 0 saturated carbocycles. The lowest BCUT2D eigenvalue weighted by Gasteiger charge is -2.31. The Balaban J connectivity index is 2.05. The molecule has 0 bridgehead atoms. The van der Waals surface area contributed by atoms with Crippen molar-refractivity contribution < 1.29 is 0 Å². The molecule has 1 aromatic carbocycles. The predicted molar refractivity (Wildman–Crippen MR) is 72.1 cm³/mol. The highest BCUT2D eigenvalue weighted by Gasteiger charge is 2.37. The number of nitrogens with one attached hydrogen (secondary N) is 1. The van der Waals surface area contributed by atoms with E-state index in [4.69, 9.17) is 0 Å². The number of likely N-dealkylation sites (tertiary alicyclic amines) is 1. The van der Waals surface area contributed by atoms with Crippen molar-refractivity contribution >= 4 is 10.9 Å². The third-order valence-electron chi connectivity index (χ3n) is 4.43. The van der Waals surface area contributed by atoms with E-state index in [1.54, 1.807) is 0 Å². The minimum Gasteiger partial charge on any atom is -0.361 e. The van der Waals surface area contributed by atoms with Crippen LogP contribution in [-0.4, -0.2) is 22.5 Å². The largest absolute Gasteiger partial charge is 0.361 e. The highest BCUT2D eigenvalue weighted by Crippen LogP contribution is 2.42. The predicted octanol–water partition coefficient (Wildman–Crippen LogP) is 3.71. The number of hydrogen-bond donors (Lipinski definition) is 1. The summed E-state index contributed by atoms with van der Waals surface area (Å²) < 4.78 is 0. The molecule has 2 aromatic rings. The van der Waals surface area contributed by atoms with Crippen LogP contribution in [0.1, 0.15) is 38.3 Å². The Hall–Kier alpha value is -1.28. The lowest BCUT2D eigenvalue weighted by molar-refractivity contribution is 0.170. The van der Waals surface area contributed by atoms with Gasteiger partial charge in [-0.25, -0.2) is 0 Å². The Morgan fingerprint density at radius 1 is 1.29 bits per heavy atom. The first kappa shape index (κ1) is 10.8. The molecule has 1 aliphatic heterocycles. The number of rotatable bonds is 1. The summed E-state index contributed by atoms with van der Waals surface area (Å²) in [7, 11) is 2.25. The van der Waals surface area contributed by atoms with Crippen LogP contribution in [0, 0.1) is 0 Å². The van der Waals surface area contributed by atoms with Gasteiger partial charge in [-0.15, -0.1) is 0 Å². The topological polar surface area (TPSA) is 19.0 Å². The molecule has 17 heavy (non-hydrogen) atoms. The summed E-state index contributed by atoms with van der Waals surface area (Å²) in [6.07, 6.45) is 4.71. The second-order valence-electron chi connectivity index (χ2n) is 5.77. The fourth-order valence-electron chi connectivity index (χ4n) is 3.02. The molecule has 90 valence electrons. The van der Waals surface area contributed by atoms with Gasteiger partial charge in [0, 0.05) is 28.7 Å². The van der Waals surface area contributed by atoms with E-state index in [1.807, 2.05) is 0 Å². The van der Waals surface area contributed by atoms with Gasteiger partial charge >= 0.3 is 0 Å². The van der Waals surface area contributed by atoms with E-state index in [1.165, 1.54) is 29.3 Å². The van der Waals surface area contributed by atoms with Crippen LogP contribution in [0.3, 0.4) is 0 Å². The summed E-state index contributed by atoms with van der Waals surface area (Å²) in [5.74, 6) is 0. The number of fused-ring (bicyclic) bond motifs is 1. The summed E-state index contributed by atoms with van der Waals surface area (Å²) in [5, 5.41) is 1.38. The second-order valence-corrected chi connectivity index (χ2v) is 5.77. The molecule has 3 rings (SSSR count). The zero-order valence-electron chi connectivity index (χ0n) is 10.8. The van der Waals surface area contributed by atoms with Crippen LogP contribution in [0.5, 0.6) is 0 Å². The van der Waals surface area contributed by atoms with Crippen molar-refractivity contribution in [2.24, 2.45) is 0 Å². The Morgan fingerprint density at radius 3 is 2.76 bits per heavy atom. The van der Waals surface area contributed by atoms with Gasteiger partial charge in [0.15, 0.2) is 0 Å². The molecule has 0 radical (unpaired) electrons. The van der Waals surface area contributed by atoms with Gasteiger partial charge in [-0.05, 0) is 45.4 Å². The summed E-state index contributed by atoms with van der Waals surface area (Å²) in [4.78, 5) is 5.90. The average molecular weight is 228 g/mol. The third kappa shape index (κ3) is 1.59. The first-order valence-corrected chi connectivity index (χ1v) is 6.38. The third-order valence-corrected chi connectivity index (χ3v) is 4.43. The van der Waals surface area contributed by atoms with Crippen LogP contribution < -0.4 is 0 Å². The van der Waals surface area contributed by atoms with Crippen molar-refractivity contribution in [3.8, 4) is 0 Å². The van der Waals surface area contributed by atoms with Crippen molar-refractivity contribution in [1.82, 2.24) is 9.88 Å². The Morgan fingerprint density at radius 2 is 2.06 bits per heavy atom. The van der Waals surface area contributed by atoms with Gasteiger partial charge in [-0.3, -0.25) is 4.90 Å². The van der Waals surface area contributed by atoms with E-state index in [0.717, 1.165) is 0 Å². The molecule has 1 atom stereocenters. The van der Waals surface area contributed by atoms with E-state index in [9.17, 15) is 0 Å². The standard InChI is InChI=1S/C15H20N2/c1-15(2)9-8-14(17(15)3)12-10-16-13-7-5-4-6-11(12)13/h4-7,10,14,16H,8-9H2,1-3H3. The molecule has 0 spiro atoms.